The van der Waals surface area contributed by atoms with E-state index in [4.69, 9.17) is 11.6 Å². The molecule has 0 radical (unpaired) electrons. The minimum atomic E-state index is 0.274. The van der Waals surface area contributed by atoms with E-state index in [1.807, 2.05) is 13.8 Å². The Bertz CT molecular complexity index is 121. The first-order chi connectivity index (χ1) is 6.06. The highest BCUT2D eigenvalue weighted by Gasteiger charge is 2.22. The van der Waals surface area contributed by atoms with Crippen molar-refractivity contribution < 1.29 is 0 Å². The maximum atomic E-state index is 5.72. The molecule has 0 amide bonds. The van der Waals surface area contributed by atoms with Crippen LogP contribution in [0.15, 0.2) is 12.2 Å². The minimum Gasteiger partial charge on any atom is -0.127 e. The highest BCUT2D eigenvalue weighted by Crippen LogP contribution is 2.34. The van der Waals surface area contributed by atoms with Gasteiger partial charge in [0.05, 0.1) is 0 Å². The zero-order valence-electron chi connectivity index (χ0n) is 9.91. The van der Waals surface area contributed by atoms with Crippen LogP contribution in [0.2, 0.25) is 0 Å². The van der Waals surface area contributed by atoms with E-state index in [0.717, 1.165) is 12.3 Å². The zero-order valence-corrected chi connectivity index (χ0v) is 10.7. The number of hydrogen-bond donors (Lipinski definition) is 0. The molecule has 0 spiro atoms. The van der Waals surface area contributed by atoms with Crippen LogP contribution in [0.5, 0.6) is 0 Å². The predicted molar refractivity (Wildman–Crippen MR) is 64.5 cm³/mol. The van der Waals surface area contributed by atoms with Gasteiger partial charge in [-0.25, -0.2) is 0 Å². The lowest BCUT2D eigenvalue weighted by atomic mass is 9.77. The summed E-state index contributed by atoms with van der Waals surface area (Å²) in [5.41, 5.74) is 1.54. The van der Waals surface area contributed by atoms with Crippen molar-refractivity contribution in [2.45, 2.75) is 53.9 Å². The van der Waals surface area contributed by atoms with Gasteiger partial charge in [-0.2, -0.15) is 0 Å². The lowest BCUT2D eigenvalue weighted by molar-refractivity contribution is 0.350. The smallest absolute Gasteiger partial charge is 0.0231 e. The van der Waals surface area contributed by atoms with Gasteiger partial charge in [0.15, 0.2) is 0 Å². The van der Waals surface area contributed by atoms with Gasteiger partial charge < -0.3 is 0 Å². The molecule has 80 valence electrons. The van der Waals surface area contributed by atoms with E-state index in [-0.39, 0.29) is 5.41 Å². The molecule has 1 unspecified atom stereocenters. The van der Waals surface area contributed by atoms with Gasteiger partial charge in [-0.15, -0.1) is 11.6 Å². The topological polar surface area (TPSA) is 0 Å². The average molecular weight is 205 g/mol. The van der Waals surface area contributed by atoms with Crippen molar-refractivity contribution in [3.05, 3.63) is 12.2 Å². The Balaban J connectivity index is 0. The Morgan fingerprint density at radius 3 is 2.00 bits per heavy atom. The van der Waals surface area contributed by atoms with E-state index < -0.39 is 0 Å². The Kier molecular flexibility index (Phi) is 10.3. The van der Waals surface area contributed by atoms with Crippen molar-refractivity contribution in [3.63, 3.8) is 0 Å². The van der Waals surface area contributed by atoms with Crippen LogP contribution in [0.1, 0.15) is 53.9 Å². The van der Waals surface area contributed by atoms with Gasteiger partial charge in [-0.05, 0) is 25.2 Å². The third-order valence-electron chi connectivity index (χ3n) is 2.48. The predicted octanol–water partition coefficient (Wildman–Crippen LogP) is 5.02. The van der Waals surface area contributed by atoms with E-state index in [2.05, 4.69) is 27.4 Å². The Labute approximate surface area is 89.4 Å². The SMILES string of the molecule is C=C(C)C(C)(CCC)CCCl.CC. The van der Waals surface area contributed by atoms with Gasteiger partial charge in [0.1, 0.15) is 0 Å². The third-order valence-corrected chi connectivity index (χ3v) is 2.67. The Hall–Kier alpha value is 0.0300. The Morgan fingerprint density at radius 2 is 1.77 bits per heavy atom. The van der Waals surface area contributed by atoms with E-state index in [0.29, 0.717) is 0 Å². The fraction of sp³-hybridized carbons (Fsp3) is 0.833. The molecule has 0 aliphatic rings. The summed E-state index contributed by atoms with van der Waals surface area (Å²) >= 11 is 5.72. The lowest BCUT2D eigenvalue weighted by Gasteiger charge is -2.29. The molecule has 0 aliphatic heterocycles. The molecule has 0 saturated carbocycles. The van der Waals surface area contributed by atoms with Crippen LogP contribution in [0.4, 0.5) is 0 Å². The number of halogens is 1. The minimum absolute atomic E-state index is 0.274. The number of rotatable bonds is 5. The molecule has 0 N–H and O–H groups in total. The van der Waals surface area contributed by atoms with Gasteiger partial charge in [0.25, 0.3) is 0 Å². The van der Waals surface area contributed by atoms with Gasteiger partial charge in [0, 0.05) is 5.88 Å². The summed E-state index contributed by atoms with van der Waals surface area (Å²) in [5, 5.41) is 0. The molecule has 0 nitrogen and oxygen atoms in total. The van der Waals surface area contributed by atoms with Crippen LogP contribution in [0.3, 0.4) is 0 Å². The van der Waals surface area contributed by atoms with Crippen molar-refractivity contribution in [1.82, 2.24) is 0 Å². The molecule has 0 aliphatic carbocycles. The standard InChI is InChI=1S/C10H19Cl.C2H6/c1-5-6-10(4,7-8-11)9(2)3;1-2/h2,5-8H2,1,3-4H3;1-2H3. The summed E-state index contributed by atoms with van der Waals surface area (Å²) in [4.78, 5) is 0. The average Bonchev–Trinajstić information content (AvgIpc) is 2.08. The molecule has 0 heterocycles. The van der Waals surface area contributed by atoms with Crippen molar-refractivity contribution in [3.8, 4) is 0 Å². The second-order valence-electron chi connectivity index (χ2n) is 3.53. The van der Waals surface area contributed by atoms with E-state index in [9.17, 15) is 0 Å². The highest BCUT2D eigenvalue weighted by atomic mass is 35.5. The molecule has 0 fully saturated rings. The van der Waals surface area contributed by atoms with Gasteiger partial charge >= 0.3 is 0 Å². The molecule has 0 aromatic carbocycles. The number of allylic oxidation sites excluding steroid dienone is 1. The van der Waals surface area contributed by atoms with E-state index in [1.54, 1.807) is 0 Å². The number of alkyl halides is 1. The highest BCUT2D eigenvalue weighted by molar-refractivity contribution is 6.17. The first kappa shape index (κ1) is 15.5. The van der Waals surface area contributed by atoms with Crippen molar-refractivity contribution >= 4 is 11.6 Å². The summed E-state index contributed by atoms with van der Waals surface area (Å²) in [5.74, 6) is 0.739. The third kappa shape index (κ3) is 6.15. The van der Waals surface area contributed by atoms with Crippen molar-refractivity contribution in [2.75, 3.05) is 5.88 Å². The van der Waals surface area contributed by atoms with Crippen LogP contribution in [0.25, 0.3) is 0 Å². The summed E-state index contributed by atoms with van der Waals surface area (Å²) in [6, 6.07) is 0. The van der Waals surface area contributed by atoms with Gasteiger partial charge in [-0.3, -0.25) is 0 Å². The van der Waals surface area contributed by atoms with Gasteiger partial charge in [-0.1, -0.05) is 46.3 Å². The summed E-state index contributed by atoms with van der Waals surface area (Å²) in [7, 11) is 0. The molecule has 13 heavy (non-hydrogen) atoms. The lowest BCUT2D eigenvalue weighted by Crippen LogP contribution is -2.17. The molecule has 0 rings (SSSR count). The molecule has 1 atom stereocenters. The zero-order chi connectivity index (χ0) is 10.9. The Morgan fingerprint density at radius 1 is 1.31 bits per heavy atom. The van der Waals surface area contributed by atoms with Gasteiger partial charge in [0.2, 0.25) is 0 Å². The fourth-order valence-electron chi connectivity index (χ4n) is 1.31. The molecular weight excluding hydrogens is 180 g/mol. The van der Waals surface area contributed by atoms with Crippen LogP contribution >= 0.6 is 11.6 Å². The van der Waals surface area contributed by atoms with Crippen molar-refractivity contribution in [2.24, 2.45) is 5.41 Å². The maximum Gasteiger partial charge on any atom is 0.0231 e. The monoisotopic (exact) mass is 204 g/mol. The number of hydrogen-bond acceptors (Lipinski definition) is 0. The first-order valence-electron chi connectivity index (χ1n) is 5.29. The van der Waals surface area contributed by atoms with Crippen LogP contribution < -0.4 is 0 Å². The summed E-state index contributed by atoms with van der Waals surface area (Å²) in [6.45, 7) is 14.6. The maximum absolute atomic E-state index is 5.72. The first-order valence-corrected chi connectivity index (χ1v) is 5.82. The van der Waals surface area contributed by atoms with Crippen LogP contribution in [-0.2, 0) is 0 Å². The summed E-state index contributed by atoms with van der Waals surface area (Å²) < 4.78 is 0. The molecule has 0 bridgehead atoms. The van der Waals surface area contributed by atoms with Crippen molar-refractivity contribution in [1.29, 1.82) is 0 Å². The van der Waals surface area contributed by atoms with E-state index in [1.165, 1.54) is 18.4 Å². The second kappa shape index (κ2) is 8.62. The summed E-state index contributed by atoms with van der Waals surface area (Å²) in [6.07, 6.45) is 3.47. The molecule has 0 saturated heterocycles. The van der Waals surface area contributed by atoms with Crippen LogP contribution in [-0.4, -0.2) is 5.88 Å². The molecule has 0 aromatic rings. The molecular formula is C12H25Cl. The van der Waals surface area contributed by atoms with E-state index >= 15 is 0 Å². The quantitative estimate of drug-likeness (QED) is 0.436. The largest absolute Gasteiger partial charge is 0.127 e. The molecule has 1 heteroatoms. The fourth-order valence-corrected chi connectivity index (χ4v) is 1.73. The molecule has 0 aromatic heterocycles. The normalized spacial score (nSPS) is 14.0. The van der Waals surface area contributed by atoms with Crippen LogP contribution in [0, 0.1) is 5.41 Å². The second-order valence-corrected chi connectivity index (χ2v) is 3.91.